The number of anilines is 1. The molecule has 0 aliphatic carbocycles. The van der Waals surface area contributed by atoms with E-state index in [9.17, 15) is 4.79 Å². The number of aromatic amines is 1. The van der Waals surface area contributed by atoms with Gasteiger partial charge in [-0.1, -0.05) is 30.3 Å². The number of H-pyrrole nitrogens is 1. The van der Waals surface area contributed by atoms with Gasteiger partial charge >= 0.3 is 0 Å². The van der Waals surface area contributed by atoms with Crippen molar-refractivity contribution >= 4 is 22.6 Å². The van der Waals surface area contributed by atoms with Crippen molar-refractivity contribution < 1.29 is 14.3 Å². The fourth-order valence-corrected chi connectivity index (χ4v) is 4.03. The first-order valence-corrected chi connectivity index (χ1v) is 10.5. The molecule has 1 N–H and O–H groups in total. The van der Waals surface area contributed by atoms with Crippen LogP contribution in [0.25, 0.3) is 11.0 Å². The van der Waals surface area contributed by atoms with Crippen LogP contribution in [0.1, 0.15) is 30.8 Å². The molecule has 1 amide bonds. The quantitative estimate of drug-likeness (QED) is 0.550. The standard InChI is InChI=1S/C24H29N3O3/c1-24(2)18-15-19-20(26-22(25-19)10-9-17-7-5-4-6-8-17)16-21(18)27(23(24)28)11-12-30-14-13-29-3/h4-8,15-16H,9-14H2,1-3H3,(H,25,26). The smallest absolute Gasteiger partial charge is 0.237 e. The lowest BCUT2D eigenvalue weighted by Crippen LogP contribution is -2.38. The Morgan fingerprint density at radius 2 is 1.87 bits per heavy atom. The minimum atomic E-state index is -0.564. The number of aryl methyl sites for hydroxylation is 2. The second-order valence-electron chi connectivity index (χ2n) is 8.24. The van der Waals surface area contributed by atoms with Crippen LogP contribution in [0.3, 0.4) is 0 Å². The van der Waals surface area contributed by atoms with E-state index in [-0.39, 0.29) is 5.91 Å². The van der Waals surface area contributed by atoms with Crippen molar-refractivity contribution in [3.63, 3.8) is 0 Å². The summed E-state index contributed by atoms with van der Waals surface area (Å²) >= 11 is 0. The third kappa shape index (κ3) is 3.98. The second kappa shape index (κ2) is 8.58. The predicted octanol–water partition coefficient (Wildman–Crippen LogP) is 3.64. The second-order valence-corrected chi connectivity index (χ2v) is 8.24. The third-order valence-corrected chi connectivity index (χ3v) is 5.78. The van der Waals surface area contributed by atoms with E-state index in [1.807, 2.05) is 30.9 Å². The van der Waals surface area contributed by atoms with E-state index in [0.717, 1.165) is 41.0 Å². The Morgan fingerprint density at radius 1 is 1.07 bits per heavy atom. The molecule has 0 saturated carbocycles. The van der Waals surface area contributed by atoms with Crippen LogP contribution in [0.2, 0.25) is 0 Å². The van der Waals surface area contributed by atoms with E-state index in [4.69, 9.17) is 14.5 Å². The van der Waals surface area contributed by atoms with E-state index < -0.39 is 5.41 Å². The zero-order chi connectivity index (χ0) is 21.1. The van der Waals surface area contributed by atoms with Gasteiger partial charge in [0.15, 0.2) is 0 Å². The molecule has 4 rings (SSSR count). The number of rotatable bonds is 9. The van der Waals surface area contributed by atoms with Crippen molar-refractivity contribution in [3.8, 4) is 0 Å². The topological polar surface area (TPSA) is 67.5 Å². The number of nitrogens with one attached hydrogen (secondary N) is 1. The number of aromatic nitrogens is 2. The van der Waals surface area contributed by atoms with Gasteiger partial charge in [-0.3, -0.25) is 4.79 Å². The number of carbonyl (C=O) groups excluding carboxylic acids is 1. The maximum atomic E-state index is 13.0. The molecule has 0 saturated heterocycles. The molecule has 0 radical (unpaired) electrons. The van der Waals surface area contributed by atoms with Gasteiger partial charge in [0.05, 0.1) is 42.0 Å². The molecule has 6 heteroatoms. The highest BCUT2D eigenvalue weighted by Gasteiger charge is 2.44. The van der Waals surface area contributed by atoms with Crippen molar-refractivity contribution in [2.24, 2.45) is 0 Å². The van der Waals surface area contributed by atoms with Crippen LogP contribution in [-0.4, -0.2) is 49.4 Å². The van der Waals surface area contributed by atoms with E-state index in [2.05, 4.69) is 35.3 Å². The molecule has 1 aliphatic heterocycles. The SMILES string of the molecule is COCCOCCN1C(=O)C(C)(C)c2cc3[nH]c(CCc4ccccc4)nc3cc21. The van der Waals surface area contributed by atoms with E-state index in [0.29, 0.717) is 26.4 Å². The molecule has 0 atom stereocenters. The molecular weight excluding hydrogens is 378 g/mol. The molecular formula is C24H29N3O3. The molecule has 3 aromatic rings. The molecule has 6 nitrogen and oxygen atoms in total. The largest absolute Gasteiger partial charge is 0.382 e. The molecule has 1 aromatic heterocycles. The fraction of sp³-hybridized carbons (Fsp3) is 0.417. The number of methoxy groups -OCH3 is 1. The van der Waals surface area contributed by atoms with E-state index in [1.54, 1.807) is 7.11 Å². The Morgan fingerprint density at radius 3 is 2.63 bits per heavy atom. The molecule has 30 heavy (non-hydrogen) atoms. The molecule has 1 aliphatic rings. The van der Waals surface area contributed by atoms with Crippen LogP contribution >= 0.6 is 0 Å². The monoisotopic (exact) mass is 407 g/mol. The van der Waals surface area contributed by atoms with Crippen molar-refractivity contribution in [1.82, 2.24) is 9.97 Å². The number of imidazole rings is 1. The van der Waals surface area contributed by atoms with Gasteiger partial charge in [-0.15, -0.1) is 0 Å². The molecule has 0 unspecified atom stereocenters. The average Bonchev–Trinajstić information content (AvgIpc) is 3.23. The van der Waals surface area contributed by atoms with Gasteiger partial charge in [-0.25, -0.2) is 4.98 Å². The molecule has 158 valence electrons. The van der Waals surface area contributed by atoms with Crippen LogP contribution in [-0.2, 0) is 32.5 Å². The maximum absolute atomic E-state index is 13.0. The van der Waals surface area contributed by atoms with Crippen molar-refractivity contribution in [3.05, 3.63) is 59.4 Å². The van der Waals surface area contributed by atoms with Crippen LogP contribution in [0, 0.1) is 0 Å². The number of hydrogen-bond acceptors (Lipinski definition) is 4. The van der Waals surface area contributed by atoms with Crippen molar-refractivity contribution in [2.45, 2.75) is 32.1 Å². The summed E-state index contributed by atoms with van der Waals surface area (Å²) in [5.41, 5.74) is 4.59. The summed E-state index contributed by atoms with van der Waals surface area (Å²) in [4.78, 5) is 23.1. The summed E-state index contributed by atoms with van der Waals surface area (Å²) in [6, 6.07) is 14.6. The van der Waals surface area contributed by atoms with Gasteiger partial charge < -0.3 is 19.4 Å². The fourth-order valence-electron chi connectivity index (χ4n) is 4.03. The zero-order valence-corrected chi connectivity index (χ0v) is 17.9. The minimum absolute atomic E-state index is 0.102. The average molecular weight is 408 g/mol. The molecule has 0 bridgehead atoms. The molecule has 0 spiro atoms. The van der Waals surface area contributed by atoms with Gasteiger partial charge in [-0.05, 0) is 43.5 Å². The van der Waals surface area contributed by atoms with E-state index >= 15 is 0 Å². The lowest BCUT2D eigenvalue weighted by Gasteiger charge is -2.20. The van der Waals surface area contributed by atoms with Crippen LogP contribution in [0.4, 0.5) is 5.69 Å². The first kappa shape index (κ1) is 20.6. The van der Waals surface area contributed by atoms with Crippen LogP contribution in [0.5, 0.6) is 0 Å². The first-order valence-electron chi connectivity index (χ1n) is 10.5. The van der Waals surface area contributed by atoms with Gasteiger partial charge in [0.2, 0.25) is 5.91 Å². The van der Waals surface area contributed by atoms with Crippen molar-refractivity contribution in [2.75, 3.05) is 38.4 Å². The summed E-state index contributed by atoms with van der Waals surface area (Å²) in [6.07, 6.45) is 1.79. The molecule has 2 aromatic carbocycles. The summed E-state index contributed by atoms with van der Waals surface area (Å²) in [7, 11) is 1.65. The number of amides is 1. The Hall–Kier alpha value is -2.70. The Labute approximate surface area is 177 Å². The third-order valence-electron chi connectivity index (χ3n) is 5.78. The van der Waals surface area contributed by atoms with Gasteiger partial charge in [-0.2, -0.15) is 0 Å². The minimum Gasteiger partial charge on any atom is -0.382 e. The van der Waals surface area contributed by atoms with Crippen LogP contribution in [0.15, 0.2) is 42.5 Å². The van der Waals surface area contributed by atoms with Crippen molar-refractivity contribution in [1.29, 1.82) is 0 Å². The molecule has 2 heterocycles. The Balaban J connectivity index is 1.54. The number of hydrogen-bond donors (Lipinski definition) is 1. The first-order chi connectivity index (χ1) is 14.5. The van der Waals surface area contributed by atoms with Crippen LogP contribution < -0.4 is 4.90 Å². The number of nitrogens with zero attached hydrogens (tertiary/aromatic N) is 2. The molecule has 0 fully saturated rings. The van der Waals surface area contributed by atoms with Gasteiger partial charge in [0.25, 0.3) is 0 Å². The number of benzene rings is 2. The lowest BCUT2D eigenvalue weighted by atomic mass is 9.86. The highest BCUT2D eigenvalue weighted by atomic mass is 16.5. The Bertz CT molecular complexity index is 1030. The predicted molar refractivity (Wildman–Crippen MR) is 118 cm³/mol. The summed E-state index contributed by atoms with van der Waals surface area (Å²) in [5, 5.41) is 0. The highest BCUT2D eigenvalue weighted by Crippen LogP contribution is 2.43. The Kier molecular flexibility index (Phi) is 5.88. The number of fused-ring (bicyclic) bond motifs is 2. The zero-order valence-electron chi connectivity index (χ0n) is 17.9. The number of ether oxygens (including phenoxy) is 2. The highest BCUT2D eigenvalue weighted by molar-refractivity contribution is 6.09. The summed E-state index contributed by atoms with van der Waals surface area (Å²) in [6.45, 7) is 6.05. The normalized spacial score (nSPS) is 15.2. The van der Waals surface area contributed by atoms with Gasteiger partial charge in [0, 0.05) is 20.1 Å². The summed E-state index contributed by atoms with van der Waals surface area (Å²) < 4.78 is 10.6. The summed E-state index contributed by atoms with van der Waals surface area (Å²) in [5.74, 6) is 1.07. The van der Waals surface area contributed by atoms with Gasteiger partial charge in [0.1, 0.15) is 5.82 Å². The van der Waals surface area contributed by atoms with E-state index in [1.165, 1.54) is 5.56 Å². The number of carbonyl (C=O) groups is 1. The maximum Gasteiger partial charge on any atom is 0.237 e. The lowest BCUT2D eigenvalue weighted by molar-refractivity contribution is -0.122.